The highest BCUT2D eigenvalue weighted by Gasteiger charge is 2.22. The number of imidazole rings is 1. The molecule has 1 N–H and O–H groups in total. The van der Waals surface area contributed by atoms with E-state index >= 15 is 0 Å². The second kappa shape index (κ2) is 6.04. The molecular weight excluding hydrogens is 276 g/mol. The maximum absolute atomic E-state index is 12.0. The van der Waals surface area contributed by atoms with E-state index in [9.17, 15) is 14.9 Å². The number of benzene rings is 1. The molecule has 0 aliphatic heterocycles. The summed E-state index contributed by atoms with van der Waals surface area (Å²) < 4.78 is 6.23. The van der Waals surface area contributed by atoms with Crippen LogP contribution in [0.3, 0.4) is 0 Å². The number of nitro groups is 1. The average Bonchev–Trinajstić information content (AvgIpc) is 2.87. The van der Waals surface area contributed by atoms with Crippen LogP contribution in [0.2, 0.25) is 0 Å². The van der Waals surface area contributed by atoms with Crippen molar-refractivity contribution in [1.82, 2.24) is 14.9 Å². The lowest BCUT2D eigenvalue weighted by Crippen LogP contribution is -2.25. The van der Waals surface area contributed by atoms with Crippen molar-refractivity contribution in [3.63, 3.8) is 0 Å². The predicted molar refractivity (Wildman–Crippen MR) is 74.0 cm³/mol. The van der Waals surface area contributed by atoms with Crippen LogP contribution in [-0.4, -0.2) is 27.5 Å². The van der Waals surface area contributed by atoms with Crippen LogP contribution in [0.5, 0.6) is 5.75 Å². The van der Waals surface area contributed by atoms with Gasteiger partial charge in [0.15, 0.2) is 0 Å². The molecule has 0 bridgehead atoms. The summed E-state index contributed by atoms with van der Waals surface area (Å²) in [7, 11) is 2.98. The molecule has 8 heteroatoms. The van der Waals surface area contributed by atoms with Gasteiger partial charge in [-0.25, -0.2) is 9.55 Å². The number of hydrogen-bond donors (Lipinski definition) is 1. The minimum atomic E-state index is -0.591. The zero-order chi connectivity index (χ0) is 15.4. The Morgan fingerprint density at radius 1 is 1.52 bits per heavy atom. The molecule has 0 aliphatic rings. The van der Waals surface area contributed by atoms with E-state index in [0.717, 1.165) is 16.3 Å². The first-order chi connectivity index (χ1) is 10.0. The van der Waals surface area contributed by atoms with E-state index in [2.05, 4.69) is 10.3 Å². The number of amides is 1. The molecule has 1 aromatic heterocycles. The molecule has 1 aromatic carbocycles. The summed E-state index contributed by atoms with van der Waals surface area (Å²) >= 11 is 0. The summed E-state index contributed by atoms with van der Waals surface area (Å²) in [6.45, 7) is 0.274. The van der Waals surface area contributed by atoms with E-state index in [0.29, 0.717) is 5.75 Å². The first-order valence-corrected chi connectivity index (χ1v) is 6.10. The van der Waals surface area contributed by atoms with Crippen molar-refractivity contribution in [2.75, 3.05) is 7.11 Å². The molecule has 110 valence electrons. The number of aromatic nitrogens is 2. The molecule has 0 saturated carbocycles. The van der Waals surface area contributed by atoms with Crippen LogP contribution >= 0.6 is 0 Å². The molecule has 0 saturated heterocycles. The Labute approximate surface area is 120 Å². The van der Waals surface area contributed by atoms with Crippen molar-refractivity contribution in [3.8, 4) is 5.75 Å². The van der Waals surface area contributed by atoms with Gasteiger partial charge in [-0.2, -0.15) is 0 Å². The summed E-state index contributed by atoms with van der Waals surface area (Å²) in [5, 5.41) is 13.4. The summed E-state index contributed by atoms with van der Waals surface area (Å²) in [4.78, 5) is 25.9. The lowest BCUT2D eigenvalue weighted by Gasteiger charge is -2.05. The molecule has 8 nitrogen and oxygen atoms in total. The third kappa shape index (κ3) is 3.16. The Morgan fingerprint density at radius 2 is 2.29 bits per heavy atom. The number of methoxy groups -OCH3 is 1. The molecular formula is C13H14N4O4. The fourth-order valence-electron chi connectivity index (χ4n) is 1.82. The quantitative estimate of drug-likeness (QED) is 0.660. The zero-order valence-electron chi connectivity index (χ0n) is 11.6. The van der Waals surface area contributed by atoms with Crippen molar-refractivity contribution in [3.05, 3.63) is 52.0 Å². The number of nitrogens with one attached hydrogen (secondary N) is 1. The summed E-state index contributed by atoms with van der Waals surface area (Å²) in [6.07, 6.45) is 1.06. The highest BCUT2D eigenvalue weighted by molar-refractivity contribution is 5.91. The normalized spacial score (nSPS) is 10.2. The van der Waals surface area contributed by atoms with Crippen molar-refractivity contribution in [1.29, 1.82) is 0 Å². The maximum Gasteiger partial charge on any atom is 0.343 e. The number of hydrogen-bond acceptors (Lipinski definition) is 5. The monoisotopic (exact) mass is 290 g/mol. The second-order valence-corrected chi connectivity index (χ2v) is 4.29. The van der Waals surface area contributed by atoms with Crippen LogP contribution in [0.4, 0.5) is 5.82 Å². The van der Waals surface area contributed by atoms with Crippen LogP contribution in [0.15, 0.2) is 30.5 Å². The number of carbonyl (C=O) groups excluding carboxylic acids is 1. The fourth-order valence-corrected chi connectivity index (χ4v) is 1.82. The van der Waals surface area contributed by atoms with Gasteiger partial charge in [-0.1, -0.05) is 12.1 Å². The molecule has 0 radical (unpaired) electrons. The summed E-state index contributed by atoms with van der Waals surface area (Å²) in [5.74, 6) is -0.0334. The van der Waals surface area contributed by atoms with Crippen molar-refractivity contribution >= 4 is 11.7 Å². The van der Waals surface area contributed by atoms with Crippen LogP contribution in [-0.2, 0) is 13.6 Å². The third-order valence-corrected chi connectivity index (χ3v) is 2.94. The highest BCUT2D eigenvalue weighted by atomic mass is 16.6. The van der Waals surface area contributed by atoms with E-state index in [-0.39, 0.29) is 18.2 Å². The van der Waals surface area contributed by atoms with Crippen LogP contribution < -0.4 is 10.1 Å². The number of nitrogens with zero attached hydrogens (tertiary/aromatic N) is 3. The smallest absolute Gasteiger partial charge is 0.343 e. The van der Waals surface area contributed by atoms with Gasteiger partial charge in [-0.3, -0.25) is 4.79 Å². The minimum Gasteiger partial charge on any atom is -0.497 e. The van der Waals surface area contributed by atoms with E-state index < -0.39 is 10.8 Å². The highest BCUT2D eigenvalue weighted by Crippen LogP contribution is 2.13. The first kappa shape index (κ1) is 14.5. The standard InChI is InChI=1S/C13H14N4O4/c1-16-11(17(19)20)8-14-12(16)13(18)15-7-9-4-3-5-10(6-9)21-2/h3-6,8H,7H2,1-2H3,(H,15,18). The Hall–Kier alpha value is -2.90. The second-order valence-electron chi connectivity index (χ2n) is 4.29. The zero-order valence-corrected chi connectivity index (χ0v) is 11.6. The number of ether oxygens (including phenoxy) is 1. The van der Waals surface area contributed by atoms with Gasteiger partial charge in [-0.05, 0) is 22.6 Å². The average molecular weight is 290 g/mol. The van der Waals surface area contributed by atoms with E-state index in [4.69, 9.17) is 4.74 Å². The molecule has 1 amide bonds. The van der Waals surface area contributed by atoms with Crippen molar-refractivity contribution in [2.45, 2.75) is 6.54 Å². The molecule has 0 unspecified atom stereocenters. The van der Waals surface area contributed by atoms with E-state index in [1.54, 1.807) is 19.2 Å². The molecule has 0 spiro atoms. The summed E-state index contributed by atoms with van der Waals surface area (Å²) in [5.41, 5.74) is 0.853. The van der Waals surface area contributed by atoms with Crippen molar-refractivity contribution < 1.29 is 14.5 Å². The topological polar surface area (TPSA) is 99.3 Å². The van der Waals surface area contributed by atoms with Gasteiger partial charge in [-0.15, -0.1) is 0 Å². The predicted octanol–water partition coefficient (Wildman–Crippen LogP) is 1.27. The SMILES string of the molecule is COc1cccc(CNC(=O)c2ncc([N+](=O)[O-])n2C)c1. The van der Waals surface area contributed by atoms with Crippen LogP contribution in [0.1, 0.15) is 16.2 Å². The third-order valence-electron chi connectivity index (χ3n) is 2.94. The fraction of sp³-hybridized carbons (Fsp3) is 0.231. The van der Waals surface area contributed by atoms with Crippen LogP contribution in [0, 0.1) is 10.1 Å². The van der Waals surface area contributed by atoms with E-state index in [1.807, 2.05) is 12.1 Å². The van der Waals surface area contributed by atoms with Gasteiger partial charge in [0.1, 0.15) is 11.9 Å². The van der Waals surface area contributed by atoms with Gasteiger partial charge in [0.05, 0.1) is 14.2 Å². The molecule has 0 fully saturated rings. The Bertz CT molecular complexity index is 681. The van der Waals surface area contributed by atoms with Gasteiger partial charge in [0.25, 0.3) is 5.82 Å². The molecule has 0 atom stereocenters. The van der Waals surface area contributed by atoms with Gasteiger partial charge in [0.2, 0.25) is 0 Å². The van der Waals surface area contributed by atoms with E-state index in [1.165, 1.54) is 7.05 Å². The number of rotatable bonds is 5. The minimum absolute atomic E-state index is 0.00963. The molecule has 0 aliphatic carbocycles. The molecule has 1 heterocycles. The molecule has 2 rings (SSSR count). The Kier molecular flexibility index (Phi) is 4.17. The lowest BCUT2D eigenvalue weighted by atomic mass is 10.2. The van der Waals surface area contributed by atoms with Gasteiger partial charge < -0.3 is 20.2 Å². The largest absolute Gasteiger partial charge is 0.497 e. The molecule has 21 heavy (non-hydrogen) atoms. The Balaban J connectivity index is 2.06. The van der Waals surface area contributed by atoms with Crippen LogP contribution in [0.25, 0.3) is 0 Å². The van der Waals surface area contributed by atoms with Crippen molar-refractivity contribution in [2.24, 2.45) is 7.05 Å². The van der Waals surface area contributed by atoms with Gasteiger partial charge in [0, 0.05) is 6.54 Å². The Morgan fingerprint density at radius 3 is 2.90 bits per heavy atom. The maximum atomic E-state index is 12.0. The molecule has 2 aromatic rings. The lowest BCUT2D eigenvalue weighted by molar-refractivity contribution is -0.391. The van der Waals surface area contributed by atoms with Gasteiger partial charge >= 0.3 is 11.7 Å². The number of carbonyl (C=O) groups is 1. The summed E-state index contributed by atoms with van der Waals surface area (Å²) in [6, 6.07) is 7.24. The first-order valence-electron chi connectivity index (χ1n) is 6.10.